The molecule has 2 rings (SSSR count). The summed E-state index contributed by atoms with van der Waals surface area (Å²) >= 11 is 1.60. The summed E-state index contributed by atoms with van der Waals surface area (Å²) in [5, 5.41) is 6.16. The second-order valence-electron chi connectivity index (χ2n) is 7.37. The van der Waals surface area contributed by atoms with Gasteiger partial charge in [-0.3, -0.25) is 9.59 Å². The number of quaternary nitrogens is 1. The zero-order valence-electron chi connectivity index (χ0n) is 16.3. The van der Waals surface area contributed by atoms with E-state index in [-0.39, 0.29) is 30.4 Å². The van der Waals surface area contributed by atoms with Crippen LogP contribution < -0.4 is 15.5 Å². The predicted octanol–water partition coefficient (Wildman–Crippen LogP) is 1.95. The number of benzene rings is 1. The molecule has 0 radical (unpaired) electrons. The molecule has 0 bridgehead atoms. The quantitative estimate of drug-likeness (QED) is 0.636. The van der Waals surface area contributed by atoms with E-state index in [1.54, 1.807) is 11.8 Å². The average Bonchev–Trinajstić information content (AvgIpc) is 2.63. The molecular formula is C20H32N3O2S+. The van der Waals surface area contributed by atoms with E-state index in [0.717, 1.165) is 21.9 Å². The van der Waals surface area contributed by atoms with Gasteiger partial charge < -0.3 is 15.5 Å². The van der Waals surface area contributed by atoms with Crippen LogP contribution in [0.15, 0.2) is 29.2 Å². The van der Waals surface area contributed by atoms with Gasteiger partial charge in [-0.1, -0.05) is 31.9 Å². The minimum absolute atomic E-state index is 0.0403. The highest BCUT2D eigenvalue weighted by Gasteiger charge is 2.29. The molecule has 1 aromatic rings. The maximum Gasteiger partial charge on any atom is 0.279 e. The normalized spacial score (nSPS) is 22.3. The van der Waals surface area contributed by atoms with E-state index in [1.165, 1.54) is 19.3 Å². The number of rotatable bonds is 7. The molecule has 4 atom stereocenters. The summed E-state index contributed by atoms with van der Waals surface area (Å²) in [5.41, 5.74) is 0.825. The van der Waals surface area contributed by atoms with Crippen LogP contribution in [-0.2, 0) is 9.59 Å². The van der Waals surface area contributed by atoms with Gasteiger partial charge in [-0.15, -0.1) is 11.8 Å². The Morgan fingerprint density at radius 2 is 1.96 bits per heavy atom. The summed E-state index contributed by atoms with van der Waals surface area (Å²) in [6, 6.07) is 7.77. The fourth-order valence-corrected chi connectivity index (χ4v) is 3.96. The zero-order chi connectivity index (χ0) is 19.1. The summed E-state index contributed by atoms with van der Waals surface area (Å²) in [4.78, 5) is 26.9. The van der Waals surface area contributed by atoms with Gasteiger partial charge in [-0.25, -0.2) is 0 Å². The fourth-order valence-electron chi connectivity index (χ4n) is 3.41. The first-order valence-electron chi connectivity index (χ1n) is 9.48. The Labute approximate surface area is 161 Å². The van der Waals surface area contributed by atoms with Gasteiger partial charge in [0, 0.05) is 10.9 Å². The molecule has 1 aromatic carbocycles. The fraction of sp³-hybridized carbons (Fsp3) is 0.600. The van der Waals surface area contributed by atoms with Crippen molar-refractivity contribution in [3.8, 4) is 0 Å². The van der Waals surface area contributed by atoms with E-state index >= 15 is 0 Å². The monoisotopic (exact) mass is 378 g/mol. The molecular weight excluding hydrogens is 346 g/mol. The first-order valence-corrected chi connectivity index (χ1v) is 10.7. The summed E-state index contributed by atoms with van der Waals surface area (Å²) in [6.45, 7) is 4.36. The SMILES string of the molecule is CSc1ccccc1NC(=O)C[NH+](C)[C@H](C)C(=O)N[C@H]1CCCC[C@H]1C. The Morgan fingerprint density at radius 3 is 2.65 bits per heavy atom. The molecule has 1 fully saturated rings. The van der Waals surface area contributed by atoms with Gasteiger partial charge >= 0.3 is 0 Å². The highest BCUT2D eigenvalue weighted by atomic mass is 32.2. The van der Waals surface area contributed by atoms with Crippen LogP contribution in [0.25, 0.3) is 0 Å². The van der Waals surface area contributed by atoms with Gasteiger partial charge in [-0.2, -0.15) is 0 Å². The van der Waals surface area contributed by atoms with Crippen molar-refractivity contribution in [2.75, 3.05) is 25.2 Å². The van der Waals surface area contributed by atoms with E-state index in [9.17, 15) is 9.59 Å². The molecule has 3 N–H and O–H groups in total. The first-order chi connectivity index (χ1) is 12.4. The summed E-state index contributed by atoms with van der Waals surface area (Å²) in [6.07, 6.45) is 6.67. The van der Waals surface area contributed by atoms with Crippen molar-refractivity contribution in [3.05, 3.63) is 24.3 Å². The van der Waals surface area contributed by atoms with E-state index in [2.05, 4.69) is 17.6 Å². The van der Waals surface area contributed by atoms with E-state index in [4.69, 9.17) is 0 Å². The topological polar surface area (TPSA) is 62.6 Å². The molecule has 0 aliphatic heterocycles. The van der Waals surface area contributed by atoms with Crippen molar-refractivity contribution < 1.29 is 14.5 Å². The molecule has 2 amide bonds. The van der Waals surface area contributed by atoms with Crippen LogP contribution in [0.2, 0.25) is 0 Å². The molecule has 1 aliphatic rings. The molecule has 0 aromatic heterocycles. The molecule has 26 heavy (non-hydrogen) atoms. The number of carbonyl (C=O) groups is 2. The third kappa shape index (κ3) is 5.74. The molecule has 5 nitrogen and oxygen atoms in total. The van der Waals surface area contributed by atoms with Crippen molar-refractivity contribution in [3.63, 3.8) is 0 Å². The van der Waals surface area contributed by atoms with Crippen LogP contribution in [0.3, 0.4) is 0 Å². The lowest BCUT2D eigenvalue weighted by Gasteiger charge is -2.31. The van der Waals surface area contributed by atoms with Gasteiger partial charge in [-0.05, 0) is 44.1 Å². The number of hydrogen-bond donors (Lipinski definition) is 3. The summed E-state index contributed by atoms with van der Waals surface area (Å²) < 4.78 is 0. The number of nitrogens with one attached hydrogen (secondary N) is 3. The summed E-state index contributed by atoms with van der Waals surface area (Å²) in [7, 11) is 1.90. The number of amides is 2. The third-order valence-corrected chi connectivity index (χ3v) is 6.19. The third-order valence-electron chi connectivity index (χ3n) is 5.39. The number of anilines is 1. The molecule has 1 saturated carbocycles. The van der Waals surface area contributed by atoms with Gasteiger partial charge in [0.25, 0.3) is 11.8 Å². The minimum Gasteiger partial charge on any atom is -0.348 e. The lowest BCUT2D eigenvalue weighted by molar-refractivity contribution is -0.885. The number of carbonyl (C=O) groups excluding carboxylic acids is 2. The van der Waals surface area contributed by atoms with Gasteiger partial charge in [0.15, 0.2) is 12.6 Å². The van der Waals surface area contributed by atoms with Gasteiger partial charge in [0.05, 0.1) is 12.7 Å². The molecule has 0 spiro atoms. The van der Waals surface area contributed by atoms with Crippen LogP contribution in [-0.4, -0.2) is 43.7 Å². The Morgan fingerprint density at radius 1 is 1.27 bits per heavy atom. The summed E-state index contributed by atoms with van der Waals surface area (Å²) in [5.74, 6) is 0.500. The molecule has 6 heteroatoms. The van der Waals surface area contributed by atoms with Gasteiger partial charge in [0.1, 0.15) is 0 Å². The van der Waals surface area contributed by atoms with Crippen molar-refractivity contribution in [2.24, 2.45) is 5.92 Å². The van der Waals surface area contributed by atoms with E-state index < -0.39 is 0 Å². The van der Waals surface area contributed by atoms with Crippen LogP contribution in [0.1, 0.15) is 39.5 Å². The van der Waals surface area contributed by atoms with Crippen molar-refractivity contribution in [1.82, 2.24) is 5.32 Å². The van der Waals surface area contributed by atoms with Crippen LogP contribution in [0.5, 0.6) is 0 Å². The second-order valence-corrected chi connectivity index (χ2v) is 8.22. The first kappa shape index (κ1) is 20.8. The average molecular weight is 379 g/mol. The number of thioether (sulfide) groups is 1. The van der Waals surface area contributed by atoms with Crippen LogP contribution in [0.4, 0.5) is 5.69 Å². The van der Waals surface area contributed by atoms with Crippen molar-refractivity contribution in [1.29, 1.82) is 0 Å². The molecule has 1 unspecified atom stereocenters. The Bertz CT molecular complexity index is 623. The van der Waals surface area contributed by atoms with Crippen molar-refractivity contribution >= 4 is 29.3 Å². The predicted molar refractivity (Wildman–Crippen MR) is 108 cm³/mol. The van der Waals surface area contributed by atoms with Crippen molar-refractivity contribution in [2.45, 2.75) is 56.5 Å². The Hall–Kier alpha value is -1.53. The number of para-hydroxylation sites is 1. The Balaban J connectivity index is 1.86. The van der Waals surface area contributed by atoms with Crippen LogP contribution >= 0.6 is 11.8 Å². The highest BCUT2D eigenvalue weighted by molar-refractivity contribution is 7.98. The van der Waals surface area contributed by atoms with E-state index in [1.807, 2.05) is 44.5 Å². The number of likely N-dealkylation sites (N-methyl/N-ethyl adjacent to an activating group) is 1. The lowest BCUT2D eigenvalue weighted by Crippen LogP contribution is -3.15. The molecule has 0 heterocycles. The maximum absolute atomic E-state index is 12.6. The van der Waals surface area contributed by atoms with Crippen LogP contribution in [0, 0.1) is 5.92 Å². The standard InChI is InChI=1S/C20H31N3O2S/c1-14-9-5-6-10-16(14)22-20(25)15(2)23(3)13-19(24)21-17-11-7-8-12-18(17)26-4/h7-8,11-12,14-16H,5-6,9-10,13H2,1-4H3,(H,21,24)(H,22,25)/p+1/t14-,15-,16+/m1/s1. The largest absolute Gasteiger partial charge is 0.348 e. The second kappa shape index (κ2) is 9.97. The van der Waals surface area contributed by atoms with Gasteiger partial charge in [0.2, 0.25) is 0 Å². The maximum atomic E-state index is 12.6. The minimum atomic E-state index is -0.259. The zero-order valence-corrected chi connectivity index (χ0v) is 17.1. The van der Waals surface area contributed by atoms with E-state index in [0.29, 0.717) is 5.92 Å². The lowest BCUT2D eigenvalue weighted by atomic mass is 9.86. The molecule has 0 saturated heterocycles. The molecule has 1 aliphatic carbocycles. The highest BCUT2D eigenvalue weighted by Crippen LogP contribution is 2.24. The smallest absolute Gasteiger partial charge is 0.279 e. The Kier molecular flexibility index (Phi) is 7.97. The number of hydrogen-bond acceptors (Lipinski definition) is 3. The molecule has 144 valence electrons.